The normalized spacial score (nSPS) is 15.4. The van der Waals surface area contributed by atoms with Gasteiger partial charge in [-0.2, -0.15) is 5.10 Å². The van der Waals surface area contributed by atoms with Crippen molar-refractivity contribution in [3.8, 4) is 0 Å². The van der Waals surface area contributed by atoms with Crippen LogP contribution >= 0.6 is 11.3 Å². The van der Waals surface area contributed by atoms with Crippen molar-refractivity contribution in [3.63, 3.8) is 0 Å². The summed E-state index contributed by atoms with van der Waals surface area (Å²) in [5, 5.41) is 5.39. The predicted octanol–water partition coefficient (Wildman–Crippen LogP) is 2.69. The Morgan fingerprint density at radius 3 is 2.89 bits per heavy atom. The molecule has 0 saturated carbocycles. The van der Waals surface area contributed by atoms with Crippen molar-refractivity contribution in [1.82, 2.24) is 24.5 Å². The highest BCUT2D eigenvalue weighted by Crippen LogP contribution is 2.29. The van der Waals surface area contributed by atoms with E-state index in [4.69, 9.17) is 4.98 Å². The van der Waals surface area contributed by atoms with Gasteiger partial charge in [0.05, 0.1) is 10.2 Å². The number of nitrogens with zero attached hydrogens (tertiary/aromatic N) is 6. The predicted molar refractivity (Wildman–Crippen MR) is 105 cm³/mol. The molecule has 0 spiro atoms. The number of hydrogen-bond donors (Lipinski definition) is 0. The summed E-state index contributed by atoms with van der Waals surface area (Å²) in [5.41, 5.74) is 2.17. The molecule has 1 aromatic carbocycles. The molecule has 1 amide bonds. The van der Waals surface area contributed by atoms with Gasteiger partial charge in [0, 0.05) is 44.6 Å². The van der Waals surface area contributed by atoms with Crippen LogP contribution in [0.4, 0.5) is 5.13 Å². The second-order valence-corrected chi connectivity index (χ2v) is 7.56. The number of thiazole rings is 1. The number of amides is 1. The van der Waals surface area contributed by atoms with Crippen LogP contribution in [0.2, 0.25) is 0 Å². The molecule has 5 rings (SSSR count). The Balaban J connectivity index is 1.33. The highest BCUT2D eigenvalue weighted by molar-refractivity contribution is 7.22. The Bertz CT molecular complexity index is 1050. The molecule has 0 bridgehead atoms. The lowest BCUT2D eigenvalue weighted by molar-refractivity contribution is 0.0761. The van der Waals surface area contributed by atoms with Crippen molar-refractivity contribution in [2.45, 2.75) is 6.42 Å². The number of para-hydroxylation sites is 1. The molecule has 0 aliphatic carbocycles. The van der Waals surface area contributed by atoms with Crippen molar-refractivity contribution in [2.24, 2.45) is 0 Å². The van der Waals surface area contributed by atoms with Gasteiger partial charge in [0.1, 0.15) is 0 Å². The van der Waals surface area contributed by atoms with Crippen LogP contribution in [0.15, 0.2) is 48.8 Å². The van der Waals surface area contributed by atoms with Gasteiger partial charge in [-0.3, -0.25) is 4.79 Å². The van der Waals surface area contributed by atoms with Crippen molar-refractivity contribution in [2.75, 3.05) is 31.1 Å². The van der Waals surface area contributed by atoms with E-state index in [0.717, 1.165) is 36.7 Å². The van der Waals surface area contributed by atoms with Gasteiger partial charge in [-0.1, -0.05) is 23.5 Å². The van der Waals surface area contributed by atoms with Crippen molar-refractivity contribution < 1.29 is 4.79 Å². The average Bonchev–Trinajstić information content (AvgIpc) is 3.24. The van der Waals surface area contributed by atoms with Crippen LogP contribution in [0.25, 0.3) is 15.9 Å². The third kappa shape index (κ3) is 3.02. The molecule has 1 saturated heterocycles. The Hall–Kier alpha value is -3.00. The summed E-state index contributed by atoms with van der Waals surface area (Å²) in [7, 11) is 0. The van der Waals surface area contributed by atoms with Crippen LogP contribution in [0.3, 0.4) is 0 Å². The monoisotopic (exact) mass is 378 g/mol. The smallest absolute Gasteiger partial charge is 0.274 e. The second-order valence-electron chi connectivity index (χ2n) is 6.55. The van der Waals surface area contributed by atoms with Crippen LogP contribution in [-0.4, -0.2) is 56.6 Å². The Kier molecular flexibility index (Phi) is 3.97. The quantitative estimate of drug-likeness (QED) is 0.537. The largest absolute Gasteiger partial charge is 0.346 e. The number of benzene rings is 1. The topological polar surface area (TPSA) is 66.6 Å². The third-order valence-electron chi connectivity index (χ3n) is 4.79. The number of carbonyl (C=O) groups excluding carboxylic acids is 1. The van der Waals surface area contributed by atoms with Gasteiger partial charge in [-0.25, -0.2) is 14.5 Å². The summed E-state index contributed by atoms with van der Waals surface area (Å²) in [5.74, 6) is -0.0355. The SMILES string of the molecule is O=C(c1cc2ncccn2n1)N1CCCN(c2nc3ccccc3s2)CC1. The first kappa shape index (κ1) is 16.2. The minimum absolute atomic E-state index is 0.0355. The fourth-order valence-electron chi connectivity index (χ4n) is 3.40. The molecular weight excluding hydrogens is 360 g/mol. The van der Waals surface area contributed by atoms with Crippen LogP contribution in [0.5, 0.6) is 0 Å². The van der Waals surface area contributed by atoms with Crippen molar-refractivity contribution in [1.29, 1.82) is 0 Å². The molecule has 1 aliphatic heterocycles. The third-order valence-corrected chi connectivity index (χ3v) is 5.89. The van der Waals surface area contributed by atoms with Gasteiger partial charge in [-0.15, -0.1) is 0 Å². The fraction of sp³-hybridized carbons (Fsp3) is 0.263. The zero-order chi connectivity index (χ0) is 18.2. The average molecular weight is 378 g/mol. The first-order chi connectivity index (χ1) is 13.3. The van der Waals surface area contributed by atoms with E-state index in [1.165, 1.54) is 4.70 Å². The van der Waals surface area contributed by atoms with Gasteiger partial charge in [0.15, 0.2) is 16.5 Å². The molecule has 4 aromatic rings. The van der Waals surface area contributed by atoms with E-state index in [-0.39, 0.29) is 5.91 Å². The Morgan fingerprint density at radius 2 is 2.00 bits per heavy atom. The number of fused-ring (bicyclic) bond motifs is 2. The molecule has 7 nitrogen and oxygen atoms in total. The molecule has 8 heteroatoms. The van der Waals surface area contributed by atoms with Crippen LogP contribution in [-0.2, 0) is 0 Å². The molecule has 4 heterocycles. The van der Waals surface area contributed by atoms with Gasteiger partial charge >= 0.3 is 0 Å². The molecule has 136 valence electrons. The molecular formula is C19H18N6OS. The van der Waals surface area contributed by atoms with Crippen LogP contribution in [0, 0.1) is 0 Å². The number of carbonyl (C=O) groups is 1. The Labute approximate surface area is 159 Å². The van der Waals surface area contributed by atoms with Crippen LogP contribution < -0.4 is 4.90 Å². The fourth-order valence-corrected chi connectivity index (χ4v) is 4.42. The maximum absolute atomic E-state index is 12.9. The lowest BCUT2D eigenvalue weighted by Crippen LogP contribution is -2.35. The maximum Gasteiger partial charge on any atom is 0.274 e. The van der Waals surface area contributed by atoms with E-state index in [1.807, 2.05) is 23.1 Å². The molecule has 0 unspecified atom stereocenters. The molecule has 27 heavy (non-hydrogen) atoms. The van der Waals surface area contributed by atoms with E-state index in [1.54, 1.807) is 40.4 Å². The van der Waals surface area contributed by atoms with Gasteiger partial charge in [0.25, 0.3) is 5.91 Å². The van der Waals surface area contributed by atoms with Gasteiger partial charge in [0.2, 0.25) is 0 Å². The molecule has 0 atom stereocenters. The zero-order valence-electron chi connectivity index (χ0n) is 14.7. The second kappa shape index (κ2) is 6.62. The minimum Gasteiger partial charge on any atom is -0.346 e. The minimum atomic E-state index is -0.0355. The summed E-state index contributed by atoms with van der Waals surface area (Å²) >= 11 is 1.71. The van der Waals surface area contributed by atoms with Crippen molar-refractivity contribution >= 4 is 38.2 Å². The molecule has 0 radical (unpaired) electrons. The molecule has 3 aromatic heterocycles. The lowest BCUT2D eigenvalue weighted by Gasteiger charge is -2.20. The number of rotatable bonds is 2. The van der Waals surface area contributed by atoms with Gasteiger partial charge < -0.3 is 9.80 Å². The standard InChI is InChI=1S/C19H18N6OS/c26-18(15-13-17-20-7-3-10-25(17)22-15)23-8-4-9-24(12-11-23)19-21-14-5-1-2-6-16(14)27-19/h1-3,5-7,10,13H,4,8-9,11-12H2. The highest BCUT2D eigenvalue weighted by Gasteiger charge is 2.23. The first-order valence-electron chi connectivity index (χ1n) is 8.98. The molecule has 0 N–H and O–H groups in total. The highest BCUT2D eigenvalue weighted by atomic mass is 32.1. The summed E-state index contributed by atoms with van der Waals surface area (Å²) in [6.45, 7) is 3.06. The zero-order valence-corrected chi connectivity index (χ0v) is 15.5. The molecule has 1 aliphatic rings. The molecule has 1 fully saturated rings. The summed E-state index contributed by atoms with van der Waals surface area (Å²) in [4.78, 5) is 26.0. The van der Waals surface area contributed by atoms with E-state index >= 15 is 0 Å². The van der Waals surface area contributed by atoms with E-state index < -0.39 is 0 Å². The summed E-state index contributed by atoms with van der Waals surface area (Å²) in [6.07, 6.45) is 4.41. The first-order valence-corrected chi connectivity index (χ1v) is 9.80. The van der Waals surface area contributed by atoms with Gasteiger partial charge in [-0.05, 0) is 24.6 Å². The summed E-state index contributed by atoms with van der Waals surface area (Å²) in [6, 6.07) is 11.7. The van der Waals surface area contributed by atoms with E-state index in [0.29, 0.717) is 17.9 Å². The number of aromatic nitrogens is 4. The van der Waals surface area contributed by atoms with Crippen LogP contribution in [0.1, 0.15) is 16.9 Å². The number of anilines is 1. The Morgan fingerprint density at radius 1 is 1.07 bits per heavy atom. The van der Waals surface area contributed by atoms with E-state index in [2.05, 4.69) is 21.0 Å². The maximum atomic E-state index is 12.9. The number of hydrogen-bond acceptors (Lipinski definition) is 6. The van der Waals surface area contributed by atoms with Crippen molar-refractivity contribution in [3.05, 3.63) is 54.5 Å². The van der Waals surface area contributed by atoms with E-state index in [9.17, 15) is 4.79 Å². The summed E-state index contributed by atoms with van der Waals surface area (Å²) < 4.78 is 2.83. The lowest BCUT2D eigenvalue weighted by atomic mass is 10.3.